The van der Waals surface area contributed by atoms with Gasteiger partial charge in [-0.05, 0) is 42.9 Å². The first kappa shape index (κ1) is 33.5. The average molecular weight is 588 g/mol. The molecule has 0 radical (unpaired) electrons. The Balaban J connectivity index is 2.22. The van der Waals surface area contributed by atoms with E-state index in [-0.39, 0.29) is 43.4 Å². The number of nitrogens with two attached hydrogens (primary N) is 3. The second kappa shape index (κ2) is 16.6. The number of carboxylic acid groups (broad SMARTS) is 1. The Morgan fingerprint density at radius 2 is 1.64 bits per heavy atom. The number of benzene rings is 1. The van der Waals surface area contributed by atoms with Crippen molar-refractivity contribution in [3.8, 4) is 5.75 Å². The molecule has 15 heteroatoms. The summed E-state index contributed by atoms with van der Waals surface area (Å²) in [6.07, 6.45) is 3.96. The molecule has 2 aromatic rings. The number of phenolic OH excluding ortho intramolecular Hbond substituents is 1. The lowest BCUT2D eigenvalue weighted by Crippen LogP contribution is -2.58. The first-order chi connectivity index (χ1) is 19.9. The summed E-state index contributed by atoms with van der Waals surface area (Å²) in [6.45, 7) is 3.68. The number of hydrogen-bond acceptors (Lipinski definition) is 8. The number of amides is 3. The minimum Gasteiger partial charge on any atom is -0.508 e. The molecule has 5 atom stereocenters. The minimum atomic E-state index is -1.20. The van der Waals surface area contributed by atoms with E-state index in [0.717, 1.165) is 0 Å². The summed E-state index contributed by atoms with van der Waals surface area (Å²) in [5.41, 5.74) is 18.1. The highest BCUT2D eigenvalue weighted by molar-refractivity contribution is 5.94. The fraction of sp³-hybridized carbons (Fsp3) is 0.481. The van der Waals surface area contributed by atoms with Gasteiger partial charge in [0.25, 0.3) is 0 Å². The molecular formula is C27H41N9O6. The van der Waals surface area contributed by atoms with Crippen LogP contribution in [0.5, 0.6) is 5.75 Å². The van der Waals surface area contributed by atoms with Crippen molar-refractivity contribution in [3.63, 3.8) is 0 Å². The molecule has 0 bridgehead atoms. The third-order valence-corrected chi connectivity index (χ3v) is 6.70. The van der Waals surface area contributed by atoms with Crippen molar-refractivity contribution in [1.29, 1.82) is 0 Å². The van der Waals surface area contributed by atoms with Gasteiger partial charge < -0.3 is 48.3 Å². The van der Waals surface area contributed by atoms with Crippen molar-refractivity contribution in [2.75, 3.05) is 6.54 Å². The Morgan fingerprint density at radius 3 is 2.21 bits per heavy atom. The minimum absolute atomic E-state index is 0.0104. The monoisotopic (exact) mass is 587 g/mol. The van der Waals surface area contributed by atoms with Crippen LogP contribution in [-0.2, 0) is 32.0 Å². The van der Waals surface area contributed by atoms with Crippen LogP contribution in [0, 0.1) is 5.92 Å². The maximum atomic E-state index is 13.5. The Labute approximate surface area is 243 Å². The number of hydrogen-bond donors (Lipinski definition) is 9. The Bertz CT molecular complexity index is 1200. The number of guanidine groups is 1. The number of carboxylic acids is 1. The van der Waals surface area contributed by atoms with Crippen LogP contribution in [0.1, 0.15) is 44.4 Å². The van der Waals surface area contributed by atoms with Crippen LogP contribution in [0.4, 0.5) is 0 Å². The predicted octanol–water partition coefficient (Wildman–Crippen LogP) is -1.13. The van der Waals surface area contributed by atoms with Gasteiger partial charge in [-0.2, -0.15) is 0 Å². The van der Waals surface area contributed by atoms with E-state index in [0.29, 0.717) is 24.1 Å². The molecule has 0 saturated carbocycles. The topological polar surface area (TPSA) is 264 Å². The van der Waals surface area contributed by atoms with Gasteiger partial charge in [0.05, 0.1) is 12.4 Å². The third-order valence-electron chi connectivity index (χ3n) is 6.70. The molecule has 0 fully saturated rings. The zero-order chi connectivity index (χ0) is 31.2. The highest BCUT2D eigenvalue weighted by atomic mass is 16.4. The molecule has 1 aromatic carbocycles. The first-order valence-electron chi connectivity index (χ1n) is 13.6. The van der Waals surface area contributed by atoms with Gasteiger partial charge in [-0.3, -0.25) is 19.4 Å². The average Bonchev–Trinajstić information content (AvgIpc) is 3.46. The van der Waals surface area contributed by atoms with E-state index in [2.05, 4.69) is 30.9 Å². The Hall–Kier alpha value is -4.66. The van der Waals surface area contributed by atoms with E-state index in [1.807, 2.05) is 0 Å². The molecular weight excluding hydrogens is 546 g/mol. The van der Waals surface area contributed by atoms with Gasteiger partial charge in [-0.25, -0.2) is 9.78 Å². The zero-order valence-corrected chi connectivity index (χ0v) is 23.7. The molecule has 2 rings (SSSR count). The molecule has 230 valence electrons. The van der Waals surface area contributed by atoms with Crippen LogP contribution < -0.4 is 33.2 Å². The first-order valence-corrected chi connectivity index (χ1v) is 13.6. The number of aromatic amines is 1. The number of aliphatic imine (C=N–C) groups is 1. The number of H-pyrrole nitrogens is 1. The number of imidazole rings is 1. The fourth-order valence-electron chi connectivity index (χ4n) is 4.06. The second-order valence-corrected chi connectivity index (χ2v) is 10.0. The van der Waals surface area contributed by atoms with E-state index in [1.165, 1.54) is 24.7 Å². The third kappa shape index (κ3) is 11.1. The van der Waals surface area contributed by atoms with Gasteiger partial charge in [0, 0.05) is 24.9 Å². The molecule has 0 saturated heterocycles. The summed E-state index contributed by atoms with van der Waals surface area (Å²) in [7, 11) is 0. The number of carbonyl (C=O) groups excluding carboxylic acids is 3. The van der Waals surface area contributed by atoms with Gasteiger partial charge in [0.2, 0.25) is 17.7 Å². The zero-order valence-electron chi connectivity index (χ0n) is 23.7. The highest BCUT2D eigenvalue weighted by Gasteiger charge is 2.32. The number of aromatic hydroxyl groups is 1. The summed E-state index contributed by atoms with van der Waals surface area (Å²) in [5.74, 6) is -3.62. The molecule has 0 spiro atoms. The van der Waals surface area contributed by atoms with Crippen molar-refractivity contribution in [2.45, 2.75) is 70.1 Å². The van der Waals surface area contributed by atoms with Gasteiger partial charge in [-0.1, -0.05) is 32.4 Å². The van der Waals surface area contributed by atoms with E-state index in [9.17, 15) is 29.4 Å². The standard InChI is InChI=1S/C27H41N9O6/c1-3-15(2)22(26(41)42)36-24(39)20(5-4-10-32-27(29)30)34-25(40)21(12-17-13-31-14-33-17)35-23(38)19(28)11-16-6-8-18(37)9-7-16/h6-9,13-15,19-22,37H,3-5,10-12,28H2,1-2H3,(H,31,33)(H,34,40)(H,35,38)(H,36,39)(H,41,42)(H4,29,30,32). The number of rotatable bonds is 17. The maximum Gasteiger partial charge on any atom is 0.326 e. The molecule has 5 unspecified atom stereocenters. The van der Waals surface area contributed by atoms with Crippen LogP contribution >= 0.6 is 0 Å². The van der Waals surface area contributed by atoms with Crippen molar-refractivity contribution >= 4 is 29.7 Å². The van der Waals surface area contributed by atoms with Gasteiger partial charge in [0.1, 0.15) is 23.9 Å². The summed E-state index contributed by atoms with van der Waals surface area (Å²) < 4.78 is 0. The van der Waals surface area contributed by atoms with E-state index in [1.54, 1.807) is 26.0 Å². The lowest BCUT2D eigenvalue weighted by molar-refractivity contribution is -0.144. The maximum absolute atomic E-state index is 13.5. The fourth-order valence-corrected chi connectivity index (χ4v) is 4.06. The number of aromatic nitrogens is 2. The quantitative estimate of drug-likeness (QED) is 0.0610. The SMILES string of the molecule is CCC(C)C(NC(=O)C(CCCN=C(N)N)NC(=O)C(Cc1cnc[nH]1)NC(=O)C(N)Cc1ccc(O)cc1)C(=O)O. The predicted molar refractivity (Wildman–Crippen MR) is 155 cm³/mol. The molecule has 0 aliphatic carbocycles. The van der Waals surface area contributed by atoms with Gasteiger partial charge >= 0.3 is 5.97 Å². The smallest absolute Gasteiger partial charge is 0.326 e. The summed E-state index contributed by atoms with van der Waals surface area (Å²) in [5, 5.41) is 26.9. The van der Waals surface area contributed by atoms with Crippen molar-refractivity contribution in [3.05, 3.63) is 48.0 Å². The molecule has 1 aromatic heterocycles. The van der Waals surface area contributed by atoms with Crippen molar-refractivity contribution in [1.82, 2.24) is 25.9 Å². The van der Waals surface area contributed by atoms with Crippen molar-refractivity contribution in [2.24, 2.45) is 28.1 Å². The molecule has 12 N–H and O–H groups in total. The lowest BCUT2D eigenvalue weighted by Gasteiger charge is -2.26. The van der Waals surface area contributed by atoms with Crippen LogP contribution in [0.15, 0.2) is 41.8 Å². The number of carbonyl (C=O) groups is 4. The molecule has 15 nitrogen and oxygen atoms in total. The van der Waals surface area contributed by atoms with Crippen LogP contribution in [0.2, 0.25) is 0 Å². The normalized spacial score (nSPS) is 14.5. The van der Waals surface area contributed by atoms with Gasteiger partial charge in [0.15, 0.2) is 5.96 Å². The number of nitrogens with zero attached hydrogens (tertiary/aromatic N) is 2. The largest absolute Gasteiger partial charge is 0.508 e. The molecule has 0 aliphatic heterocycles. The van der Waals surface area contributed by atoms with E-state index < -0.39 is 47.9 Å². The number of aliphatic carboxylic acids is 1. The number of nitrogens with one attached hydrogen (secondary N) is 4. The summed E-state index contributed by atoms with van der Waals surface area (Å²) in [4.78, 5) is 62.2. The summed E-state index contributed by atoms with van der Waals surface area (Å²) in [6, 6.07) is 1.73. The molecule has 3 amide bonds. The molecule has 42 heavy (non-hydrogen) atoms. The highest BCUT2D eigenvalue weighted by Crippen LogP contribution is 2.12. The van der Waals surface area contributed by atoms with E-state index in [4.69, 9.17) is 17.2 Å². The Morgan fingerprint density at radius 1 is 1.00 bits per heavy atom. The summed E-state index contributed by atoms with van der Waals surface area (Å²) >= 11 is 0. The molecule has 1 heterocycles. The van der Waals surface area contributed by atoms with Gasteiger partial charge in [-0.15, -0.1) is 0 Å². The number of phenols is 1. The van der Waals surface area contributed by atoms with Crippen LogP contribution in [0.25, 0.3) is 0 Å². The second-order valence-electron chi connectivity index (χ2n) is 10.0. The molecule has 0 aliphatic rings. The van der Waals surface area contributed by atoms with Crippen LogP contribution in [-0.4, -0.2) is 80.5 Å². The lowest BCUT2D eigenvalue weighted by atomic mass is 9.98. The van der Waals surface area contributed by atoms with E-state index >= 15 is 0 Å². The van der Waals surface area contributed by atoms with Crippen LogP contribution in [0.3, 0.4) is 0 Å². The van der Waals surface area contributed by atoms with Crippen molar-refractivity contribution < 1.29 is 29.4 Å². The Kier molecular flexibility index (Phi) is 13.2.